The highest BCUT2D eigenvalue weighted by Gasteiger charge is 2.29. The van der Waals surface area contributed by atoms with Gasteiger partial charge in [-0.3, -0.25) is 0 Å². The number of carbonyl (C=O) groups excluding carboxylic acids is 1. The molecule has 0 fully saturated rings. The van der Waals surface area contributed by atoms with Gasteiger partial charge in [0.15, 0.2) is 0 Å². The van der Waals surface area contributed by atoms with Crippen molar-refractivity contribution in [1.29, 1.82) is 0 Å². The SMILES string of the molecule is CN(C)C(=O)Nc1ccccc1.O=C(O)C(Cl)(Cl)Cl. The molecule has 0 radical (unpaired) electrons. The second-order valence-electron chi connectivity index (χ2n) is 3.49. The fourth-order valence-electron chi connectivity index (χ4n) is 0.757. The van der Waals surface area contributed by atoms with E-state index in [1.165, 1.54) is 4.90 Å². The monoisotopic (exact) mass is 326 g/mol. The van der Waals surface area contributed by atoms with E-state index >= 15 is 0 Å². The van der Waals surface area contributed by atoms with Crippen molar-refractivity contribution in [2.75, 3.05) is 19.4 Å². The molecule has 0 saturated carbocycles. The summed E-state index contributed by atoms with van der Waals surface area (Å²) in [5.74, 6) is -1.46. The van der Waals surface area contributed by atoms with Gasteiger partial charge in [-0.05, 0) is 12.1 Å². The molecule has 8 heteroatoms. The lowest BCUT2D eigenvalue weighted by atomic mass is 10.3. The normalized spacial score (nSPS) is 9.95. The maximum Gasteiger partial charge on any atom is 0.356 e. The molecule has 1 aromatic rings. The van der Waals surface area contributed by atoms with Crippen LogP contribution in [0.5, 0.6) is 0 Å². The van der Waals surface area contributed by atoms with Crippen molar-refractivity contribution in [2.45, 2.75) is 3.79 Å². The van der Waals surface area contributed by atoms with E-state index in [1.807, 2.05) is 30.3 Å². The number of aliphatic carboxylic acids is 1. The Balaban J connectivity index is 0.000000399. The van der Waals surface area contributed by atoms with Gasteiger partial charge in [0, 0.05) is 19.8 Å². The van der Waals surface area contributed by atoms with Gasteiger partial charge in [0.2, 0.25) is 0 Å². The molecule has 2 N–H and O–H groups in total. The van der Waals surface area contributed by atoms with E-state index in [4.69, 9.17) is 39.9 Å². The number of para-hydroxylation sites is 1. The van der Waals surface area contributed by atoms with Crippen molar-refractivity contribution in [1.82, 2.24) is 4.90 Å². The molecule has 19 heavy (non-hydrogen) atoms. The highest BCUT2D eigenvalue weighted by Crippen LogP contribution is 2.25. The molecule has 0 unspecified atom stereocenters. The third-order valence-corrected chi connectivity index (χ3v) is 2.16. The minimum absolute atomic E-state index is 0.110. The molecule has 0 atom stereocenters. The van der Waals surface area contributed by atoms with E-state index < -0.39 is 9.76 Å². The molecule has 106 valence electrons. The van der Waals surface area contributed by atoms with Crippen LogP contribution in [0.25, 0.3) is 0 Å². The minimum atomic E-state index is -2.17. The zero-order chi connectivity index (χ0) is 15.1. The summed E-state index contributed by atoms with van der Waals surface area (Å²) in [4.78, 5) is 22.2. The number of alkyl halides is 3. The van der Waals surface area contributed by atoms with Crippen LogP contribution in [0.2, 0.25) is 0 Å². The van der Waals surface area contributed by atoms with Gasteiger partial charge in [-0.25, -0.2) is 9.59 Å². The molecular formula is C11H13Cl3N2O3. The number of hydrogen-bond acceptors (Lipinski definition) is 2. The molecule has 0 aliphatic carbocycles. The molecule has 0 aliphatic heterocycles. The Bertz CT molecular complexity index is 419. The number of urea groups is 1. The summed E-state index contributed by atoms with van der Waals surface area (Å²) in [6.07, 6.45) is 0. The molecule has 0 aliphatic rings. The van der Waals surface area contributed by atoms with Crippen LogP contribution in [0.4, 0.5) is 10.5 Å². The van der Waals surface area contributed by atoms with Gasteiger partial charge in [0.05, 0.1) is 0 Å². The number of nitrogens with zero attached hydrogens (tertiary/aromatic N) is 1. The van der Waals surface area contributed by atoms with Crippen LogP contribution in [0, 0.1) is 0 Å². The Kier molecular flexibility index (Phi) is 7.59. The van der Waals surface area contributed by atoms with E-state index in [1.54, 1.807) is 14.1 Å². The van der Waals surface area contributed by atoms with Gasteiger partial charge in [-0.2, -0.15) is 0 Å². The van der Waals surface area contributed by atoms with Crippen molar-refractivity contribution in [2.24, 2.45) is 0 Å². The quantitative estimate of drug-likeness (QED) is 0.778. The molecule has 5 nitrogen and oxygen atoms in total. The summed E-state index contributed by atoms with van der Waals surface area (Å²) >= 11 is 14.4. The second kappa shape index (κ2) is 8.09. The Morgan fingerprint density at radius 1 is 1.16 bits per heavy atom. The summed E-state index contributed by atoms with van der Waals surface area (Å²) in [6.45, 7) is 0. The predicted octanol–water partition coefficient (Wildman–Crippen LogP) is 3.22. The van der Waals surface area contributed by atoms with Crippen molar-refractivity contribution in [3.05, 3.63) is 30.3 Å². The fourth-order valence-corrected chi connectivity index (χ4v) is 0.757. The first-order chi connectivity index (χ1) is 8.64. The summed E-state index contributed by atoms with van der Waals surface area (Å²) in [6, 6.07) is 9.26. The van der Waals surface area contributed by atoms with Gasteiger partial charge in [0.25, 0.3) is 3.79 Å². The maximum atomic E-state index is 11.1. The van der Waals surface area contributed by atoms with E-state index in [2.05, 4.69) is 5.32 Å². The van der Waals surface area contributed by atoms with Crippen LogP contribution < -0.4 is 5.32 Å². The number of anilines is 1. The van der Waals surface area contributed by atoms with E-state index in [0.29, 0.717) is 0 Å². The average Bonchev–Trinajstić information content (AvgIpc) is 2.29. The van der Waals surface area contributed by atoms with Crippen molar-refractivity contribution >= 4 is 52.5 Å². The topological polar surface area (TPSA) is 69.6 Å². The molecule has 1 aromatic carbocycles. The number of carbonyl (C=O) groups is 2. The Morgan fingerprint density at radius 3 is 1.89 bits per heavy atom. The molecule has 0 heterocycles. The van der Waals surface area contributed by atoms with E-state index in [-0.39, 0.29) is 6.03 Å². The first kappa shape index (κ1) is 17.8. The zero-order valence-electron chi connectivity index (χ0n) is 10.2. The van der Waals surface area contributed by atoms with Gasteiger partial charge in [-0.15, -0.1) is 0 Å². The van der Waals surface area contributed by atoms with Crippen LogP contribution in [-0.4, -0.2) is 39.9 Å². The lowest BCUT2D eigenvalue weighted by molar-refractivity contribution is -0.135. The van der Waals surface area contributed by atoms with Crippen molar-refractivity contribution < 1.29 is 14.7 Å². The molecule has 0 bridgehead atoms. The highest BCUT2D eigenvalue weighted by molar-refractivity contribution is 6.75. The third-order valence-electron chi connectivity index (χ3n) is 1.67. The number of halogens is 3. The molecular weight excluding hydrogens is 314 g/mol. The summed E-state index contributed by atoms with van der Waals surface area (Å²) < 4.78 is -2.17. The third kappa shape index (κ3) is 8.53. The maximum absolute atomic E-state index is 11.1. The number of hydrogen-bond donors (Lipinski definition) is 2. The van der Waals surface area contributed by atoms with E-state index in [9.17, 15) is 9.59 Å². The van der Waals surface area contributed by atoms with Crippen molar-refractivity contribution in [3.8, 4) is 0 Å². The predicted molar refractivity (Wildman–Crippen MR) is 77.1 cm³/mol. The number of rotatable bonds is 1. The number of carboxylic acids is 1. The van der Waals surface area contributed by atoms with Crippen LogP contribution in [0.3, 0.4) is 0 Å². The Morgan fingerprint density at radius 2 is 1.58 bits per heavy atom. The van der Waals surface area contributed by atoms with E-state index in [0.717, 1.165) is 5.69 Å². The molecule has 1 rings (SSSR count). The minimum Gasteiger partial charge on any atom is -0.478 e. The second-order valence-corrected chi connectivity index (χ2v) is 5.77. The molecule has 0 saturated heterocycles. The van der Waals surface area contributed by atoms with Crippen LogP contribution in [0.15, 0.2) is 30.3 Å². The van der Waals surface area contributed by atoms with Crippen LogP contribution >= 0.6 is 34.8 Å². The summed E-state index contributed by atoms with van der Waals surface area (Å²) in [7, 11) is 3.41. The van der Waals surface area contributed by atoms with Gasteiger partial charge in [0.1, 0.15) is 0 Å². The lowest BCUT2D eigenvalue weighted by Gasteiger charge is -2.11. The van der Waals surface area contributed by atoms with Crippen LogP contribution in [0.1, 0.15) is 0 Å². The first-order valence-electron chi connectivity index (χ1n) is 4.98. The zero-order valence-corrected chi connectivity index (χ0v) is 12.5. The summed E-state index contributed by atoms with van der Waals surface area (Å²) in [5.41, 5.74) is 0.816. The van der Waals surface area contributed by atoms with Gasteiger partial charge >= 0.3 is 12.0 Å². The number of carboxylic acid groups (broad SMARTS) is 1. The number of benzene rings is 1. The van der Waals surface area contributed by atoms with Crippen LogP contribution in [-0.2, 0) is 4.79 Å². The van der Waals surface area contributed by atoms with Crippen molar-refractivity contribution in [3.63, 3.8) is 0 Å². The molecule has 0 aromatic heterocycles. The molecule has 0 spiro atoms. The summed E-state index contributed by atoms with van der Waals surface area (Å²) in [5, 5.41) is 10.6. The largest absolute Gasteiger partial charge is 0.478 e. The lowest BCUT2D eigenvalue weighted by Crippen LogP contribution is -2.27. The highest BCUT2D eigenvalue weighted by atomic mass is 35.6. The first-order valence-corrected chi connectivity index (χ1v) is 6.11. The Labute approximate surface area is 126 Å². The van der Waals surface area contributed by atoms with Gasteiger partial charge < -0.3 is 15.3 Å². The number of amides is 2. The standard InChI is InChI=1S/C9H12N2O.C2HCl3O2/c1-11(2)9(12)10-8-6-4-3-5-7-8;3-2(4,5)1(6)7/h3-7H,1-2H3,(H,10,12);(H,6,7). The van der Waals surface area contributed by atoms with Gasteiger partial charge in [-0.1, -0.05) is 53.0 Å². The smallest absolute Gasteiger partial charge is 0.356 e. The Hall–Kier alpha value is -1.17. The fraction of sp³-hybridized carbons (Fsp3) is 0.273. The number of nitrogens with one attached hydrogen (secondary N) is 1. The molecule has 2 amide bonds. The average molecular weight is 328 g/mol.